The van der Waals surface area contributed by atoms with Crippen LogP contribution in [0.5, 0.6) is 0 Å². The van der Waals surface area contributed by atoms with E-state index in [-0.39, 0.29) is 6.04 Å². The first kappa shape index (κ1) is 19.3. The van der Waals surface area contributed by atoms with E-state index in [0.29, 0.717) is 6.04 Å². The van der Waals surface area contributed by atoms with Crippen molar-refractivity contribution in [1.82, 2.24) is 34.2 Å². The van der Waals surface area contributed by atoms with Gasteiger partial charge in [0.1, 0.15) is 0 Å². The fourth-order valence-corrected chi connectivity index (χ4v) is 3.52. The lowest BCUT2D eigenvalue weighted by molar-refractivity contribution is 0.132. The van der Waals surface area contributed by atoms with Crippen molar-refractivity contribution in [1.29, 1.82) is 0 Å². The number of rotatable bonds is 7. The summed E-state index contributed by atoms with van der Waals surface area (Å²) < 4.78 is 5.63. The van der Waals surface area contributed by atoms with E-state index < -0.39 is 6.10 Å². The minimum Gasteiger partial charge on any atom is -0.391 e. The highest BCUT2D eigenvalue weighted by atomic mass is 16.3. The zero-order chi connectivity index (χ0) is 20.5. The summed E-state index contributed by atoms with van der Waals surface area (Å²) in [5.41, 5.74) is 4.39. The summed E-state index contributed by atoms with van der Waals surface area (Å²) in [5, 5.41) is 23.2. The third-order valence-corrected chi connectivity index (χ3v) is 5.59. The molecule has 0 saturated carbocycles. The molecule has 2 unspecified atom stereocenters. The Hall–Kier alpha value is -3.00. The van der Waals surface area contributed by atoms with Gasteiger partial charge in [-0.3, -0.25) is 9.36 Å². The minimum absolute atomic E-state index is 0.116. The van der Waals surface area contributed by atoms with Gasteiger partial charge >= 0.3 is 0 Å². The van der Waals surface area contributed by atoms with Crippen LogP contribution in [0.1, 0.15) is 52.6 Å². The number of aliphatic hydroxyl groups excluding tert-OH is 1. The van der Waals surface area contributed by atoms with E-state index in [1.165, 1.54) is 0 Å². The summed E-state index contributed by atoms with van der Waals surface area (Å²) in [6.45, 7) is 8.05. The van der Waals surface area contributed by atoms with E-state index >= 15 is 0 Å². The molecule has 2 atom stereocenters. The molecule has 0 spiro atoms. The third kappa shape index (κ3) is 3.55. The van der Waals surface area contributed by atoms with Gasteiger partial charge in [-0.05, 0) is 32.8 Å². The molecule has 0 fully saturated rings. The van der Waals surface area contributed by atoms with Crippen molar-refractivity contribution in [2.24, 2.45) is 0 Å². The van der Waals surface area contributed by atoms with Crippen LogP contribution in [0, 0.1) is 0 Å². The fraction of sp³-hybridized carbons (Fsp3) is 0.429. The van der Waals surface area contributed by atoms with Crippen LogP contribution in [0.3, 0.4) is 0 Å². The molecule has 0 aliphatic carbocycles. The molecule has 152 valence electrons. The number of fused-ring (bicyclic) bond motifs is 1. The molecule has 4 aromatic heterocycles. The van der Waals surface area contributed by atoms with Crippen LogP contribution in [0.4, 0.5) is 0 Å². The first-order chi connectivity index (χ1) is 14.0. The fourth-order valence-electron chi connectivity index (χ4n) is 3.52. The Morgan fingerprint density at radius 3 is 2.34 bits per heavy atom. The van der Waals surface area contributed by atoms with E-state index in [2.05, 4.69) is 35.3 Å². The molecule has 0 radical (unpaired) electrons. The van der Waals surface area contributed by atoms with Crippen molar-refractivity contribution in [2.45, 2.75) is 58.7 Å². The van der Waals surface area contributed by atoms with Gasteiger partial charge in [-0.1, -0.05) is 13.8 Å². The Kier molecular flexibility index (Phi) is 5.19. The normalized spacial score (nSPS) is 14.0. The Bertz CT molecular complexity index is 1100. The second-order valence-corrected chi connectivity index (χ2v) is 7.51. The summed E-state index contributed by atoms with van der Waals surface area (Å²) in [5.74, 6) is 0. The monoisotopic (exact) mass is 393 g/mol. The number of hydrogen-bond acceptors (Lipinski definition) is 5. The summed E-state index contributed by atoms with van der Waals surface area (Å²) in [6, 6.07) is 2.22. The zero-order valence-electron chi connectivity index (χ0n) is 17.3. The predicted octanol–water partition coefficient (Wildman–Crippen LogP) is 3.76. The molecule has 4 rings (SSSR count). The Morgan fingerprint density at radius 1 is 0.931 bits per heavy atom. The Balaban J connectivity index is 1.78. The quantitative estimate of drug-likeness (QED) is 0.517. The van der Waals surface area contributed by atoms with E-state index in [1.54, 1.807) is 24.0 Å². The number of aromatic nitrogens is 7. The van der Waals surface area contributed by atoms with Gasteiger partial charge in [0.15, 0.2) is 0 Å². The van der Waals surface area contributed by atoms with Crippen LogP contribution in [0.25, 0.3) is 28.0 Å². The van der Waals surface area contributed by atoms with Crippen molar-refractivity contribution < 1.29 is 5.11 Å². The molecule has 0 bridgehead atoms. The number of aliphatic hydroxyl groups is 1. The lowest BCUT2D eigenvalue weighted by Crippen LogP contribution is -2.18. The average molecular weight is 393 g/mol. The maximum absolute atomic E-state index is 9.85. The van der Waals surface area contributed by atoms with Gasteiger partial charge in [0.2, 0.25) is 0 Å². The van der Waals surface area contributed by atoms with Crippen LogP contribution in [-0.2, 0) is 0 Å². The molecular weight excluding hydrogens is 366 g/mol. The molecule has 0 aromatic carbocycles. The summed E-state index contributed by atoms with van der Waals surface area (Å²) in [4.78, 5) is 4.93. The van der Waals surface area contributed by atoms with E-state index in [9.17, 15) is 5.11 Å². The molecular formula is C21H27N7O. The van der Waals surface area contributed by atoms with Gasteiger partial charge in [0, 0.05) is 23.5 Å². The van der Waals surface area contributed by atoms with Gasteiger partial charge in [0.25, 0.3) is 0 Å². The largest absolute Gasteiger partial charge is 0.391 e. The van der Waals surface area contributed by atoms with Crippen LogP contribution in [0.15, 0.2) is 43.2 Å². The molecule has 8 nitrogen and oxygen atoms in total. The lowest BCUT2D eigenvalue weighted by Gasteiger charge is -2.14. The van der Waals surface area contributed by atoms with Crippen LogP contribution >= 0.6 is 0 Å². The first-order valence-electron chi connectivity index (χ1n) is 10.1. The summed E-state index contributed by atoms with van der Waals surface area (Å²) >= 11 is 0. The van der Waals surface area contributed by atoms with E-state index in [4.69, 9.17) is 4.98 Å². The Morgan fingerprint density at radius 2 is 1.62 bits per heavy atom. The average Bonchev–Trinajstić information content (AvgIpc) is 3.47. The molecule has 0 saturated heterocycles. The first-order valence-corrected chi connectivity index (χ1v) is 10.1. The highest BCUT2D eigenvalue weighted by molar-refractivity contribution is 5.78. The maximum Gasteiger partial charge on any atom is 0.0999 e. The van der Waals surface area contributed by atoms with E-state index in [0.717, 1.165) is 40.9 Å². The van der Waals surface area contributed by atoms with Gasteiger partial charge in [-0.25, -0.2) is 9.50 Å². The molecule has 0 amide bonds. The molecule has 0 aliphatic rings. The standard InChI is InChI=1S/C21H27N7O/c1-5-18(6-2)27-12-17(10-24-27)21-20-7-8-22-28(20)13-19(25-21)16-9-23-26(11-16)14(3)15(4)29/h7-15,18,29H,5-6H2,1-4H3. The number of nitrogens with zero attached hydrogens (tertiary/aromatic N) is 7. The minimum atomic E-state index is -0.490. The van der Waals surface area contributed by atoms with Crippen molar-refractivity contribution in [3.8, 4) is 22.5 Å². The van der Waals surface area contributed by atoms with Crippen molar-refractivity contribution in [3.05, 3.63) is 43.2 Å². The third-order valence-electron chi connectivity index (χ3n) is 5.59. The van der Waals surface area contributed by atoms with Gasteiger partial charge < -0.3 is 5.11 Å². The highest BCUT2D eigenvalue weighted by Gasteiger charge is 2.17. The van der Waals surface area contributed by atoms with Crippen molar-refractivity contribution >= 4 is 5.52 Å². The van der Waals surface area contributed by atoms with Crippen molar-refractivity contribution in [3.63, 3.8) is 0 Å². The molecule has 1 N–H and O–H groups in total. The predicted molar refractivity (Wildman–Crippen MR) is 111 cm³/mol. The van der Waals surface area contributed by atoms with Gasteiger partial charge in [0.05, 0.1) is 59.9 Å². The van der Waals surface area contributed by atoms with Crippen LogP contribution in [0.2, 0.25) is 0 Å². The molecule has 8 heteroatoms. The molecule has 4 heterocycles. The maximum atomic E-state index is 9.85. The second-order valence-electron chi connectivity index (χ2n) is 7.51. The number of hydrogen-bond donors (Lipinski definition) is 1. The molecule has 29 heavy (non-hydrogen) atoms. The van der Waals surface area contributed by atoms with Crippen LogP contribution in [-0.4, -0.2) is 45.4 Å². The topological polar surface area (TPSA) is 86.1 Å². The Labute approximate surface area is 169 Å². The second kappa shape index (κ2) is 7.79. The highest BCUT2D eigenvalue weighted by Crippen LogP contribution is 2.28. The SMILES string of the molecule is CCC(CC)n1cc(-c2nc(-c3cnn(C(C)C(C)O)c3)cn3nccc23)cn1. The van der Waals surface area contributed by atoms with E-state index in [1.807, 2.05) is 40.8 Å². The lowest BCUT2D eigenvalue weighted by atomic mass is 10.1. The smallest absolute Gasteiger partial charge is 0.0999 e. The summed E-state index contributed by atoms with van der Waals surface area (Å²) in [7, 11) is 0. The molecule has 0 aliphatic heterocycles. The molecule has 4 aromatic rings. The summed E-state index contributed by atoms with van der Waals surface area (Å²) in [6.07, 6.45) is 12.9. The zero-order valence-corrected chi connectivity index (χ0v) is 17.3. The van der Waals surface area contributed by atoms with Crippen molar-refractivity contribution in [2.75, 3.05) is 0 Å². The van der Waals surface area contributed by atoms with Gasteiger partial charge in [-0.2, -0.15) is 15.3 Å². The van der Waals surface area contributed by atoms with Gasteiger partial charge in [-0.15, -0.1) is 0 Å². The van der Waals surface area contributed by atoms with Crippen LogP contribution < -0.4 is 0 Å².